The molecule has 6 heteroatoms. The Labute approximate surface area is 103 Å². The third kappa shape index (κ3) is 1.72. The Bertz CT molecular complexity index is 647. The number of fused-ring (bicyclic) bond motifs is 1. The molecule has 0 aliphatic carbocycles. The highest BCUT2D eigenvalue weighted by atomic mass is 79.9. The molecule has 1 aromatic heterocycles. The average Bonchev–Trinajstić information content (AvgIpc) is 2.19. The van der Waals surface area contributed by atoms with Gasteiger partial charge in [0.15, 0.2) is 5.56 Å². The molecule has 4 nitrogen and oxygen atoms in total. The number of carbonyl (C=O) groups is 1. The van der Waals surface area contributed by atoms with Gasteiger partial charge in [-0.3, -0.25) is 0 Å². The van der Waals surface area contributed by atoms with Crippen molar-refractivity contribution >= 4 is 44.5 Å². The lowest BCUT2D eigenvalue weighted by Gasteiger charge is -2.02. The summed E-state index contributed by atoms with van der Waals surface area (Å²) < 4.78 is 5.56. The SMILES string of the molecule is O=C(O)c1c(Cl)c2cc(Br)ccc2oc1=O. The Hall–Kier alpha value is -1.33. The van der Waals surface area contributed by atoms with Crippen LogP contribution in [-0.2, 0) is 0 Å². The fourth-order valence-corrected chi connectivity index (χ4v) is 1.99. The maximum absolute atomic E-state index is 11.3. The first-order valence-corrected chi connectivity index (χ1v) is 5.33. The molecule has 0 unspecified atom stereocenters. The summed E-state index contributed by atoms with van der Waals surface area (Å²) in [6, 6.07) is 4.80. The minimum atomic E-state index is -1.40. The molecule has 0 aliphatic rings. The number of halogens is 2. The van der Waals surface area contributed by atoms with Gasteiger partial charge in [-0.2, -0.15) is 0 Å². The third-order valence-corrected chi connectivity index (χ3v) is 2.90. The van der Waals surface area contributed by atoms with Crippen molar-refractivity contribution in [2.75, 3.05) is 0 Å². The molecule has 0 aliphatic heterocycles. The molecule has 0 saturated heterocycles. The van der Waals surface area contributed by atoms with Crippen LogP contribution in [0.1, 0.15) is 10.4 Å². The molecule has 1 aromatic carbocycles. The molecule has 2 rings (SSSR count). The molecule has 0 amide bonds. The molecule has 0 spiro atoms. The van der Waals surface area contributed by atoms with Gasteiger partial charge >= 0.3 is 11.6 Å². The van der Waals surface area contributed by atoms with Crippen LogP contribution in [0.25, 0.3) is 11.0 Å². The average molecular weight is 303 g/mol. The largest absolute Gasteiger partial charge is 0.477 e. The van der Waals surface area contributed by atoms with Crippen molar-refractivity contribution in [3.8, 4) is 0 Å². The molecule has 0 radical (unpaired) electrons. The summed E-state index contributed by atoms with van der Waals surface area (Å²) in [6.07, 6.45) is 0. The molecule has 82 valence electrons. The molecule has 1 N–H and O–H groups in total. The third-order valence-electron chi connectivity index (χ3n) is 2.02. The first-order valence-electron chi connectivity index (χ1n) is 4.16. The van der Waals surface area contributed by atoms with Gasteiger partial charge < -0.3 is 9.52 Å². The molecular formula is C10H4BrClO4. The highest BCUT2D eigenvalue weighted by molar-refractivity contribution is 9.10. The fraction of sp³-hybridized carbons (Fsp3) is 0. The van der Waals surface area contributed by atoms with Gasteiger partial charge in [0, 0.05) is 9.86 Å². The van der Waals surface area contributed by atoms with Crippen molar-refractivity contribution in [2.24, 2.45) is 0 Å². The second kappa shape index (κ2) is 3.92. The van der Waals surface area contributed by atoms with Crippen LogP contribution < -0.4 is 5.63 Å². The molecule has 2 aromatic rings. The van der Waals surface area contributed by atoms with E-state index in [1.54, 1.807) is 18.2 Å². The zero-order valence-corrected chi connectivity index (χ0v) is 10.0. The molecule has 0 atom stereocenters. The van der Waals surface area contributed by atoms with Crippen LogP contribution >= 0.6 is 27.5 Å². The molecule has 0 bridgehead atoms. The molecular weight excluding hydrogens is 299 g/mol. The van der Waals surface area contributed by atoms with E-state index in [0.717, 1.165) is 0 Å². The summed E-state index contributed by atoms with van der Waals surface area (Å²) in [6.45, 7) is 0. The van der Waals surface area contributed by atoms with Crippen molar-refractivity contribution in [3.05, 3.63) is 43.7 Å². The molecule has 0 saturated carbocycles. The normalized spacial score (nSPS) is 10.6. The van der Waals surface area contributed by atoms with Crippen LogP contribution in [0, 0.1) is 0 Å². The smallest absolute Gasteiger partial charge is 0.352 e. The zero-order valence-electron chi connectivity index (χ0n) is 7.66. The predicted octanol–water partition coefficient (Wildman–Crippen LogP) is 2.91. The van der Waals surface area contributed by atoms with Crippen molar-refractivity contribution in [2.45, 2.75) is 0 Å². The van der Waals surface area contributed by atoms with E-state index >= 15 is 0 Å². The number of carboxylic acids is 1. The Kier molecular flexibility index (Phi) is 2.73. The Balaban J connectivity index is 2.96. The summed E-state index contributed by atoms with van der Waals surface area (Å²) in [5, 5.41) is 9.09. The minimum Gasteiger partial charge on any atom is -0.477 e. The summed E-state index contributed by atoms with van der Waals surface area (Å²) in [7, 11) is 0. The van der Waals surface area contributed by atoms with E-state index in [1.807, 2.05) is 0 Å². The zero-order chi connectivity index (χ0) is 11.9. The van der Waals surface area contributed by atoms with Gasteiger partial charge in [-0.05, 0) is 18.2 Å². The van der Waals surface area contributed by atoms with Crippen LogP contribution in [0.15, 0.2) is 31.9 Å². The van der Waals surface area contributed by atoms with Gasteiger partial charge in [0.25, 0.3) is 0 Å². The minimum absolute atomic E-state index is 0.111. The highest BCUT2D eigenvalue weighted by Crippen LogP contribution is 2.27. The lowest BCUT2D eigenvalue weighted by Crippen LogP contribution is -2.14. The van der Waals surface area contributed by atoms with Crippen molar-refractivity contribution in [3.63, 3.8) is 0 Å². The van der Waals surface area contributed by atoms with E-state index in [9.17, 15) is 9.59 Å². The van der Waals surface area contributed by atoms with Crippen LogP contribution in [-0.4, -0.2) is 11.1 Å². The van der Waals surface area contributed by atoms with Crippen molar-refractivity contribution < 1.29 is 14.3 Å². The van der Waals surface area contributed by atoms with Gasteiger partial charge in [-0.1, -0.05) is 27.5 Å². The molecule has 16 heavy (non-hydrogen) atoms. The second-order valence-electron chi connectivity index (χ2n) is 3.02. The topological polar surface area (TPSA) is 67.5 Å². The van der Waals surface area contributed by atoms with Crippen LogP contribution in [0.5, 0.6) is 0 Å². The summed E-state index contributed by atoms with van der Waals surface area (Å²) in [5.74, 6) is -1.40. The first kappa shape index (κ1) is 11.2. The van der Waals surface area contributed by atoms with Crippen molar-refractivity contribution in [1.82, 2.24) is 0 Å². The predicted molar refractivity (Wildman–Crippen MR) is 62.2 cm³/mol. The number of carboxylic acid groups (broad SMARTS) is 1. The number of rotatable bonds is 1. The summed E-state index contributed by atoms with van der Waals surface area (Å²) in [5.41, 5.74) is -1.25. The lowest BCUT2D eigenvalue weighted by molar-refractivity contribution is 0.0693. The van der Waals surface area contributed by atoms with Gasteiger partial charge in [0.2, 0.25) is 0 Å². The number of hydrogen-bond acceptors (Lipinski definition) is 3. The monoisotopic (exact) mass is 302 g/mol. The molecule has 0 fully saturated rings. The fourth-order valence-electron chi connectivity index (χ4n) is 1.32. The van der Waals surface area contributed by atoms with Gasteiger partial charge in [-0.25, -0.2) is 9.59 Å². The maximum atomic E-state index is 11.3. The lowest BCUT2D eigenvalue weighted by atomic mass is 10.2. The van der Waals surface area contributed by atoms with E-state index in [4.69, 9.17) is 21.1 Å². The first-order chi connectivity index (χ1) is 7.50. The highest BCUT2D eigenvalue weighted by Gasteiger charge is 2.19. The number of aromatic carboxylic acids is 1. The summed E-state index contributed by atoms with van der Waals surface area (Å²) in [4.78, 5) is 22.2. The van der Waals surface area contributed by atoms with Gasteiger partial charge in [0.05, 0.1) is 5.02 Å². The Morgan fingerprint density at radius 1 is 1.44 bits per heavy atom. The second-order valence-corrected chi connectivity index (χ2v) is 4.32. The standard InChI is InChI=1S/C10H4BrClO4/c11-4-1-2-6-5(3-4)8(12)7(9(13)14)10(15)16-6/h1-3H,(H,13,14). The number of benzene rings is 1. The van der Waals surface area contributed by atoms with E-state index in [-0.39, 0.29) is 10.6 Å². The maximum Gasteiger partial charge on any atom is 0.352 e. The van der Waals surface area contributed by atoms with Crippen molar-refractivity contribution in [1.29, 1.82) is 0 Å². The summed E-state index contributed by atoms with van der Waals surface area (Å²) >= 11 is 9.07. The van der Waals surface area contributed by atoms with Crippen LogP contribution in [0.2, 0.25) is 5.02 Å². The van der Waals surface area contributed by atoms with Crippen LogP contribution in [0.4, 0.5) is 0 Å². The quantitative estimate of drug-likeness (QED) is 0.823. The molecule has 1 heterocycles. The van der Waals surface area contributed by atoms with E-state index < -0.39 is 17.2 Å². The van der Waals surface area contributed by atoms with E-state index in [1.165, 1.54) is 0 Å². The number of hydrogen-bond donors (Lipinski definition) is 1. The van der Waals surface area contributed by atoms with E-state index in [2.05, 4.69) is 15.9 Å². The Morgan fingerprint density at radius 2 is 2.12 bits per heavy atom. The van der Waals surface area contributed by atoms with Gasteiger partial charge in [0.1, 0.15) is 5.58 Å². The van der Waals surface area contributed by atoms with Crippen LogP contribution in [0.3, 0.4) is 0 Å². The Morgan fingerprint density at radius 3 is 2.75 bits per heavy atom. The van der Waals surface area contributed by atoms with E-state index in [0.29, 0.717) is 9.86 Å². The van der Waals surface area contributed by atoms with Gasteiger partial charge in [-0.15, -0.1) is 0 Å².